The molecular formula is C14H20F2N2O2S. The van der Waals surface area contributed by atoms with Gasteiger partial charge in [-0.1, -0.05) is 6.92 Å². The van der Waals surface area contributed by atoms with Crippen molar-refractivity contribution in [3.05, 3.63) is 29.3 Å². The summed E-state index contributed by atoms with van der Waals surface area (Å²) in [5.74, 6) is -2.04. The molecule has 118 valence electrons. The molecule has 0 radical (unpaired) electrons. The van der Waals surface area contributed by atoms with Crippen LogP contribution in [0.5, 0.6) is 0 Å². The van der Waals surface area contributed by atoms with Crippen LogP contribution in [0, 0.1) is 17.6 Å². The van der Waals surface area contributed by atoms with Crippen molar-refractivity contribution < 1.29 is 17.2 Å². The number of rotatable bonds is 5. The van der Waals surface area contributed by atoms with Crippen LogP contribution < -0.4 is 10.0 Å². The quantitative estimate of drug-likeness (QED) is 0.874. The van der Waals surface area contributed by atoms with Gasteiger partial charge in [-0.25, -0.2) is 21.9 Å². The van der Waals surface area contributed by atoms with Gasteiger partial charge >= 0.3 is 0 Å². The molecule has 0 aromatic heterocycles. The van der Waals surface area contributed by atoms with Gasteiger partial charge < -0.3 is 5.32 Å². The van der Waals surface area contributed by atoms with E-state index >= 15 is 0 Å². The van der Waals surface area contributed by atoms with E-state index in [0.717, 1.165) is 25.3 Å². The Kier molecular flexibility index (Phi) is 4.95. The Balaban J connectivity index is 2.30. The normalized spacial score (nSPS) is 22.7. The van der Waals surface area contributed by atoms with Gasteiger partial charge in [-0.05, 0) is 49.9 Å². The van der Waals surface area contributed by atoms with Gasteiger partial charge in [0.1, 0.15) is 4.90 Å². The minimum Gasteiger partial charge on any atom is -0.316 e. The Morgan fingerprint density at radius 1 is 1.29 bits per heavy atom. The average molecular weight is 318 g/mol. The lowest BCUT2D eigenvalue weighted by molar-refractivity contribution is 0.477. The van der Waals surface area contributed by atoms with Gasteiger partial charge in [-0.3, -0.25) is 0 Å². The third-order valence-corrected chi connectivity index (χ3v) is 5.26. The van der Waals surface area contributed by atoms with Gasteiger partial charge in [-0.2, -0.15) is 0 Å². The smallest absolute Gasteiger partial charge is 0.243 e. The second-order valence-electron chi connectivity index (χ2n) is 5.66. The van der Waals surface area contributed by atoms with E-state index in [4.69, 9.17) is 0 Å². The average Bonchev–Trinajstić information content (AvgIpc) is 2.78. The van der Waals surface area contributed by atoms with Crippen molar-refractivity contribution in [1.82, 2.24) is 10.0 Å². The van der Waals surface area contributed by atoms with Gasteiger partial charge in [-0.15, -0.1) is 0 Å². The Bertz CT molecular complexity index is 620. The molecule has 2 N–H and O–H groups in total. The highest BCUT2D eigenvalue weighted by atomic mass is 32.2. The van der Waals surface area contributed by atoms with Crippen LogP contribution in [-0.4, -0.2) is 21.5 Å². The topological polar surface area (TPSA) is 58.2 Å². The fourth-order valence-electron chi connectivity index (χ4n) is 2.72. The summed E-state index contributed by atoms with van der Waals surface area (Å²) in [7, 11) is -2.41. The second-order valence-corrected chi connectivity index (χ2v) is 7.34. The number of hydrogen-bond acceptors (Lipinski definition) is 3. The van der Waals surface area contributed by atoms with Crippen LogP contribution in [0.3, 0.4) is 0 Å². The molecule has 1 aliphatic carbocycles. The lowest BCUT2D eigenvalue weighted by Crippen LogP contribution is -2.33. The summed E-state index contributed by atoms with van der Waals surface area (Å²) in [5, 5.41) is 2.78. The van der Waals surface area contributed by atoms with E-state index in [1.807, 2.05) is 6.92 Å². The summed E-state index contributed by atoms with van der Waals surface area (Å²) in [6, 6.07) is 1.97. The predicted octanol–water partition coefficient (Wildman–Crippen LogP) is 2.15. The number of sulfonamides is 1. The Hall–Kier alpha value is -1.05. The molecule has 0 spiro atoms. The fraction of sp³-hybridized carbons (Fsp3) is 0.571. The van der Waals surface area contributed by atoms with E-state index in [1.165, 1.54) is 6.07 Å². The van der Waals surface area contributed by atoms with Crippen LogP contribution in [0.2, 0.25) is 0 Å². The molecule has 2 unspecified atom stereocenters. The Morgan fingerprint density at radius 3 is 2.57 bits per heavy atom. The molecule has 4 nitrogen and oxygen atoms in total. The number of benzene rings is 1. The molecule has 7 heteroatoms. The molecule has 1 aromatic rings. The molecule has 0 heterocycles. The predicted molar refractivity (Wildman–Crippen MR) is 76.2 cm³/mol. The van der Waals surface area contributed by atoms with E-state index in [9.17, 15) is 17.2 Å². The van der Waals surface area contributed by atoms with Crippen molar-refractivity contribution in [3.63, 3.8) is 0 Å². The second kappa shape index (κ2) is 6.37. The van der Waals surface area contributed by atoms with E-state index in [-0.39, 0.29) is 12.6 Å². The van der Waals surface area contributed by atoms with Crippen molar-refractivity contribution in [3.8, 4) is 0 Å². The van der Waals surface area contributed by atoms with Crippen LogP contribution in [-0.2, 0) is 16.6 Å². The zero-order valence-corrected chi connectivity index (χ0v) is 12.9. The molecule has 1 aliphatic rings. The van der Waals surface area contributed by atoms with Gasteiger partial charge in [0.2, 0.25) is 10.0 Å². The van der Waals surface area contributed by atoms with Crippen molar-refractivity contribution in [2.24, 2.45) is 5.92 Å². The molecular weight excluding hydrogens is 298 g/mol. The first-order valence-corrected chi connectivity index (χ1v) is 8.46. The summed E-state index contributed by atoms with van der Waals surface area (Å²) in [5.41, 5.74) is 0.386. The molecule has 1 aromatic carbocycles. The van der Waals surface area contributed by atoms with Gasteiger partial charge in [0.25, 0.3) is 0 Å². The molecule has 1 fully saturated rings. The molecule has 0 bridgehead atoms. The maximum Gasteiger partial charge on any atom is 0.243 e. The summed E-state index contributed by atoms with van der Waals surface area (Å²) in [6.07, 6.45) is 2.38. The highest BCUT2D eigenvalue weighted by molar-refractivity contribution is 7.89. The third-order valence-electron chi connectivity index (χ3n) is 3.74. The first-order valence-electron chi connectivity index (χ1n) is 6.98. The summed E-state index contributed by atoms with van der Waals surface area (Å²) in [4.78, 5) is -0.618. The minimum absolute atomic E-state index is 0.208. The number of halogens is 2. The third kappa shape index (κ3) is 3.78. The zero-order chi connectivity index (χ0) is 15.6. The van der Waals surface area contributed by atoms with Crippen LogP contribution >= 0.6 is 0 Å². The van der Waals surface area contributed by atoms with Gasteiger partial charge in [0.05, 0.1) is 0 Å². The monoisotopic (exact) mass is 318 g/mol. The summed E-state index contributed by atoms with van der Waals surface area (Å²) >= 11 is 0. The van der Waals surface area contributed by atoms with Crippen LogP contribution in [0.4, 0.5) is 8.78 Å². The lowest BCUT2D eigenvalue weighted by Gasteiger charge is -2.14. The van der Waals surface area contributed by atoms with Gasteiger partial charge in [0.15, 0.2) is 11.6 Å². The standard InChI is InChI=1S/C14H20F2N2O2S/c1-9-3-4-11(5-9)18-21(19,20)13-7-10(8-17-2)6-12(15)14(13)16/h6-7,9,11,17-18H,3-5,8H2,1-2H3. The van der Waals surface area contributed by atoms with Gasteiger partial charge in [0, 0.05) is 12.6 Å². The van der Waals surface area contributed by atoms with Crippen molar-refractivity contribution in [2.45, 2.75) is 43.7 Å². The van der Waals surface area contributed by atoms with Crippen LogP contribution in [0.1, 0.15) is 31.7 Å². The fourth-order valence-corrected chi connectivity index (χ4v) is 4.14. The molecule has 2 rings (SSSR count). The van der Waals surface area contributed by atoms with E-state index in [2.05, 4.69) is 10.0 Å². The largest absolute Gasteiger partial charge is 0.316 e. The molecule has 2 atom stereocenters. The highest BCUT2D eigenvalue weighted by Gasteiger charge is 2.29. The van der Waals surface area contributed by atoms with E-state index in [0.29, 0.717) is 11.5 Å². The van der Waals surface area contributed by atoms with Crippen LogP contribution in [0.15, 0.2) is 17.0 Å². The number of hydrogen-bond donors (Lipinski definition) is 2. The van der Waals surface area contributed by atoms with E-state index in [1.54, 1.807) is 7.05 Å². The first kappa shape index (κ1) is 16.3. The minimum atomic E-state index is -4.05. The maximum absolute atomic E-state index is 13.9. The Morgan fingerprint density at radius 2 is 2.00 bits per heavy atom. The van der Waals surface area contributed by atoms with Crippen molar-refractivity contribution >= 4 is 10.0 Å². The molecule has 21 heavy (non-hydrogen) atoms. The molecule has 0 saturated heterocycles. The zero-order valence-electron chi connectivity index (χ0n) is 12.1. The lowest BCUT2D eigenvalue weighted by atomic mass is 10.1. The van der Waals surface area contributed by atoms with E-state index < -0.39 is 26.6 Å². The maximum atomic E-state index is 13.9. The van der Waals surface area contributed by atoms with Crippen molar-refractivity contribution in [1.29, 1.82) is 0 Å². The van der Waals surface area contributed by atoms with Crippen molar-refractivity contribution in [2.75, 3.05) is 7.05 Å². The molecule has 0 amide bonds. The molecule has 1 saturated carbocycles. The highest BCUT2D eigenvalue weighted by Crippen LogP contribution is 2.27. The van der Waals surface area contributed by atoms with Crippen LogP contribution in [0.25, 0.3) is 0 Å². The Labute approximate surface area is 124 Å². The first-order chi connectivity index (χ1) is 9.83. The summed E-state index contributed by atoms with van der Waals surface area (Å²) in [6.45, 7) is 2.31. The number of nitrogens with one attached hydrogen (secondary N) is 2. The summed E-state index contributed by atoms with van der Waals surface area (Å²) < 4.78 is 54.5. The molecule has 0 aliphatic heterocycles. The SMILES string of the molecule is CNCc1cc(F)c(F)c(S(=O)(=O)NC2CCC(C)C2)c1.